The van der Waals surface area contributed by atoms with Crippen LogP contribution in [0.4, 0.5) is 0 Å². The van der Waals surface area contributed by atoms with Gasteiger partial charge in [-0.2, -0.15) is 0 Å². The molecule has 0 bridgehead atoms. The van der Waals surface area contributed by atoms with Gasteiger partial charge in [0.25, 0.3) is 0 Å². The van der Waals surface area contributed by atoms with Crippen molar-refractivity contribution in [1.82, 2.24) is 4.98 Å². The zero-order valence-corrected chi connectivity index (χ0v) is 13.3. The van der Waals surface area contributed by atoms with Crippen LogP contribution in [0.5, 0.6) is 0 Å². The molecule has 0 aliphatic carbocycles. The molecule has 1 aromatic heterocycles. The molecule has 0 radical (unpaired) electrons. The predicted molar refractivity (Wildman–Crippen MR) is 83.8 cm³/mol. The maximum absolute atomic E-state index is 6.01. The van der Waals surface area contributed by atoms with Gasteiger partial charge in [0.05, 0.1) is 16.9 Å². The van der Waals surface area contributed by atoms with Crippen molar-refractivity contribution in [3.63, 3.8) is 0 Å². The Bertz CT molecular complexity index is 476. The Hall–Kier alpha value is -1.13. The molecule has 0 N–H and O–H groups in total. The molecule has 4 heteroatoms. The van der Waals surface area contributed by atoms with Gasteiger partial charge in [-0.25, -0.2) is 0 Å². The molecule has 3 nitrogen and oxygen atoms in total. The monoisotopic (exact) mass is 273 g/mol. The quantitative estimate of drug-likeness (QED) is 0.793. The number of pyridine rings is 1. The molecule has 0 aromatic carbocycles. The van der Waals surface area contributed by atoms with E-state index in [1.807, 2.05) is 24.4 Å². The Balaban J connectivity index is 2.12. The van der Waals surface area contributed by atoms with Crippen LogP contribution in [0, 0.1) is 5.92 Å². The largest absolute Gasteiger partial charge is 0.496 e. The van der Waals surface area contributed by atoms with Gasteiger partial charge in [0.2, 0.25) is 0 Å². The van der Waals surface area contributed by atoms with Crippen molar-refractivity contribution in [3.8, 4) is 0 Å². The summed E-state index contributed by atoms with van der Waals surface area (Å²) in [5.41, 5.74) is 1.30. The number of aromatic nitrogens is 1. The van der Waals surface area contributed by atoms with Crippen LogP contribution in [0.25, 0.3) is 6.08 Å². The Kier molecular flexibility index (Phi) is 4.08. The normalized spacial score (nSPS) is 21.1. The summed E-state index contributed by atoms with van der Waals surface area (Å²) in [5.74, 6) is 0.527. The smallest absolute Gasteiger partial charge is 0.399 e. The molecule has 0 saturated carbocycles. The average Bonchev–Trinajstić information content (AvgIpc) is 2.56. The van der Waals surface area contributed by atoms with E-state index in [-0.39, 0.29) is 18.3 Å². The molecule has 0 amide bonds. The Morgan fingerprint density at radius 1 is 1.10 bits per heavy atom. The summed E-state index contributed by atoms with van der Waals surface area (Å²) >= 11 is 0. The summed E-state index contributed by atoms with van der Waals surface area (Å²) in [6, 6.07) is 4.02. The third kappa shape index (κ3) is 3.13. The number of allylic oxidation sites excluding steroid dienone is 1. The van der Waals surface area contributed by atoms with Crippen molar-refractivity contribution in [2.24, 2.45) is 5.92 Å². The summed E-state index contributed by atoms with van der Waals surface area (Å²) < 4.78 is 12.0. The van der Waals surface area contributed by atoms with Crippen molar-refractivity contribution in [2.75, 3.05) is 0 Å². The van der Waals surface area contributed by atoms with Crippen LogP contribution in [0.1, 0.15) is 47.2 Å². The lowest BCUT2D eigenvalue weighted by atomic mass is 9.80. The van der Waals surface area contributed by atoms with Crippen molar-refractivity contribution in [2.45, 2.75) is 52.7 Å². The topological polar surface area (TPSA) is 31.4 Å². The third-order valence-electron chi connectivity index (χ3n) is 3.99. The van der Waals surface area contributed by atoms with E-state index in [2.05, 4.69) is 52.6 Å². The first-order chi connectivity index (χ1) is 9.21. The van der Waals surface area contributed by atoms with Gasteiger partial charge in [0.15, 0.2) is 0 Å². The lowest BCUT2D eigenvalue weighted by molar-refractivity contribution is 0.00578. The van der Waals surface area contributed by atoms with Crippen molar-refractivity contribution in [3.05, 3.63) is 30.1 Å². The average molecular weight is 273 g/mol. The fourth-order valence-corrected chi connectivity index (χ4v) is 1.92. The Morgan fingerprint density at radius 2 is 1.70 bits per heavy atom. The SMILES string of the molecule is CC(C)/C=C/c1ccc(B2OC(C)(C)C(C)(C)O2)cn1. The summed E-state index contributed by atoms with van der Waals surface area (Å²) in [4.78, 5) is 4.44. The van der Waals surface area contributed by atoms with Crippen molar-refractivity contribution >= 4 is 18.7 Å². The van der Waals surface area contributed by atoms with E-state index in [4.69, 9.17) is 9.31 Å². The van der Waals surface area contributed by atoms with Crippen LogP contribution in [0.3, 0.4) is 0 Å². The van der Waals surface area contributed by atoms with Gasteiger partial charge in [0, 0.05) is 11.7 Å². The number of rotatable bonds is 3. The van der Waals surface area contributed by atoms with Gasteiger partial charge in [-0.15, -0.1) is 0 Å². The van der Waals surface area contributed by atoms with Crippen LogP contribution in [-0.2, 0) is 9.31 Å². The molecule has 0 spiro atoms. The minimum Gasteiger partial charge on any atom is -0.399 e. The van der Waals surface area contributed by atoms with Crippen LogP contribution < -0.4 is 5.46 Å². The molecule has 1 aliphatic heterocycles. The summed E-state index contributed by atoms with van der Waals surface area (Å²) in [5, 5.41) is 0. The molecule has 108 valence electrons. The number of hydrogen-bond acceptors (Lipinski definition) is 3. The molecule has 20 heavy (non-hydrogen) atoms. The molecule has 0 atom stereocenters. The van der Waals surface area contributed by atoms with Gasteiger partial charge in [-0.05, 0) is 45.8 Å². The van der Waals surface area contributed by atoms with Gasteiger partial charge >= 0.3 is 7.12 Å². The van der Waals surface area contributed by atoms with E-state index >= 15 is 0 Å². The first-order valence-corrected chi connectivity index (χ1v) is 7.21. The van der Waals surface area contributed by atoms with Crippen LogP contribution in [0.15, 0.2) is 24.4 Å². The lowest BCUT2D eigenvalue weighted by Gasteiger charge is -2.32. The van der Waals surface area contributed by atoms with Gasteiger partial charge < -0.3 is 9.31 Å². The second kappa shape index (κ2) is 5.34. The van der Waals surface area contributed by atoms with Crippen molar-refractivity contribution in [1.29, 1.82) is 0 Å². The maximum Gasteiger partial charge on any atom is 0.496 e. The van der Waals surface area contributed by atoms with E-state index in [9.17, 15) is 0 Å². The minimum absolute atomic E-state index is 0.312. The maximum atomic E-state index is 6.01. The number of nitrogens with zero attached hydrogens (tertiary/aromatic N) is 1. The second-order valence-corrected chi connectivity index (χ2v) is 6.71. The van der Waals surface area contributed by atoms with E-state index in [0.717, 1.165) is 11.2 Å². The molecule has 1 aromatic rings. The zero-order chi connectivity index (χ0) is 15.0. The first kappa shape index (κ1) is 15.3. The van der Waals surface area contributed by atoms with Crippen LogP contribution in [-0.4, -0.2) is 23.3 Å². The zero-order valence-electron chi connectivity index (χ0n) is 13.3. The second-order valence-electron chi connectivity index (χ2n) is 6.71. The summed E-state index contributed by atoms with van der Waals surface area (Å²) in [6.07, 6.45) is 6.01. The highest BCUT2D eigenvalue weighted by atomic mass is 16.7. The Labute approximate surface area is 122 Å². The molecule has 0 unspecified atom stereocenters. The molecule has 2 heterocycles. The fraction of sp³-hybridized carbons (Fsp3) is 0.562. The third-order valence-corrected chi connectivity index (χ3v) is 3.99. The lowest BCUT2D eigenvalue weighted by Crippen LogP contribution is -2.41. The highest BCUT2D eigenvalue weighted by molar-refractivity contribution is 6.62. The Morgan fingerprint density at radius 3 is 2.15 bits per heavy atom. The molecule has 1 fully saturated rings. The van der Waals surface area contributed by atoms with Crippen LogP contribution in [0.2, 0.25) is 0 Å². The molecule has 1 saturated heterocycles. The van der Waals surface area contributed by atoms with E-state index < -0.39 is 0 Å². The van der Waals surface area contributed by atoms with Crippen LogP contribution >= 0.6 is 0 Å². The highest BCUT2D eigenvalue weighted by Gasteiger charge is 2.51. The van der Waals surface area contributed by atoms with Crippen molar-refractivity contribution < 1.29 is 9.31 Å². The molecule has 2 rings (SSSR count). The standard InChI is InChI=1S/C16H24BNO2/c1-12(2)7-9-14-10-8-13(11-18-14)17-19-15(3,4)16(5,6)20-17/h7-12H,1-6H3/b9-7+. The summed E-state index contributed by atoms with van der Waals surface area (Å²) in [6.45, 7) is 12.5. The summed E-state index contributed by atoms with van der Waals surface area (Å²) in [7, 11) is -0.337. The van der Waals surface area contributed by atoms with E-state index in [1.54, 1.807) is 0 Å². The van der Waals surface area contributed by atoms with E-state index in [1.165, 1.54) is 0 Å². The molecule has 1 aliphatic rings. The molecular weight excluding hydrogens is 249 g/mol. The van der Waals surface area contributed by atoms with Gasteiger partial charge in [-0.1, -0.05) is 26.0 Å². The van der Waals surface area contributed by atoms with Gasteiger partial charge in [-0.3, -0.25) is 4.98 Å². The molecular formula is C16H24BNO2. The number of hydrogen-bond donors (Lipinski definition) is 0. The van der Waals surface area contributed by atoms with Gasteiger partial charge in [0.1, 0.15) is 0 Å². The predicted octanol–water partition coefficient (Wildman–Crippen LogP) is 3.05. The van der Waals surface area contributed by atoms with E-state index in [0.29, 0.717) is 5.92 Å². The minimum atomic E-state index is -0.337. The first-order valence-electron chi connectivity index (χ1n) is 7.21. The highest BCUT2D eigenvalue weighted by Crippen LogP contribution is 2.36. The fourth-order valence-electron chi connectivity index (χ4n) is 1.92.